The highest BCUT2D eigenvalue weighted by molar-refractivity contribution is 6.00. The van der Waals surface area contributed by atoms with E-state index in [9.17, 15) is 18.0 Å². The number of aromatic amines is 1. The van der Waals surface area contributed by atoms with Gasteiger partial charge in [0.25, 0.3) is 0 Å². The van der Waals surface area contributed by atoms with E-state index >= 15 is 0 Å². The largest absolute Gasteiger partial charge is 0.573 e. The van der Waals surface area contributed by atoms with Crippen molar-refractivity contribution in [2.75, 3.05) is 5.32 Å². The average Bonchev–Trinajstić information content (AvgIpc) is 3.35. The number of halogens is 3. The number of aromatic nitrogens is 2. The third-order valence-corrected chi connectivity index (χ3v) is 5.48. The maximum Gasteiger partial charge on any atom is 0.573 e. The highest BCUT2D eigenvalue weighted by atomic mass is 19.4. The highest BCUT2D eigenvalue weighted by Gasteiger charge is 2.31. The van der Waals surface area contributed by atoms with Gasteiger partial charge >= 0.3 is 6.36 Å². The number of benzene rings is 2. The number of carbonyl (C=O) groups is 1. The summed E-state index contributed by atoms with van der Waals surface area (Å²) in [6, 6.07) is 11.1. The molecule has 8 heteroatoms. The molecule has 0 radical (unpaired) electrons. The molecule has 4 rings (SSSR count). The van der Waals surface area contributed by atoms with Crippen LogP contribution in [0.25, 0.3) is 22.0 Å². The van der Waals surface area contributed by atoms with Gasteiger partial charge in [-0.3, -0.25) is 9.89 Å². The van der Waals surface area contributed by atoms with Crippen LogP contribution >= 0.6 is 0 Å². The molecule has 1 aliphatic rings. The van der Waals surface area contributed by atoms with E-state index in [-0.39, 0.29) is 11.7 Å². The minimum Gasteiger partial charge on any atom is -0.406 e. The molecule has 1 saturated carbocycles. The molecule has 0 saturated heterocycles. The number of rotatable bonds is 6. The lowest BCUT2D eigenvalue weighted by Gasteiger charge is -2.10. The van der Waals surface area contributed by atoms with Gasteiger partial charge in [0, 0.05) is 11.8 Å². The van der Waals surface area contributed by atoms with Gasteiger partial charge < -0.3 is 10.1 Å². The zero-order valence-electron chi connectivity index (χ0n) is 16.3. The van der Waals surface area contributed by atoms with Crippen molar-refractivity contribution < 1.29 is 22.7 Å². The number of hydrogen-bond acceptors (Lipinski definition) is 3. The Morgan fingerprint density at radius 3 is 2.67 bits per heavy atom. The Hall–Kier alpha value is -3.03. The number of nitrogens with zero attached hydrogens (tertiary/aromatic N) is 1. The van der Waals surface area contributed by atoms with E-state index in [1.807, 2.05) is 0 Å². The van der Waals surface area contributed by atoms with Crippen LogP contribution in [0.15, 0.2) is 42.5 Å². The van der Waals surface area contributed by atoms with Gasteiger partial charge in [0.2, 0.25) is 5.91 Å². The van der Waals surface area contributed by atoms with E-state index in [1.54, 1.807) is 24.3 Å². The Balaban J connectivity index is 1.47. The van der Waals surface area contributed by atoms with E-state index in [1.165, 1.54) is 43.9 Å². The van der Waals surface area contributed by atoms with Crippen molar-refractivity contribution in [1.29, 1.82) is 0 Å². The van der Waals surface area contributed by atoms with Gasteiger partial charge in [0.1, 0.15) is 5.75 Å². The van der Waals surface area contributed by atoms with Gasteiger partial charge in [-0.1, -0.05) is 43.9 Å². The number of amides is 1. The van der Waals surface area contributed by atoms with Gasteiger partial charge in [-0.25, -0.2) is 0 Å². The predicted octanol–water partition coefficient (Wildman–Crippen LogP) is 6.04. The summed E-state index contributed by atoms with van der Waals surface area (Å²) in [4.78, 5) is 12.3. The van der Waals surface area contributed by atoms with E-state index in [0.717, 1.165) is 11.8 Å². The molecule has 0 atom stereocenters. The highest BCUT2D eigenvalue weighted by Crippen LogP contribution is 2.31. The van der Waals surface area contributed by atoms with Crippen LogP contribution in [0.5, 0.6) is 5.75 Å². The first-order valence-corrected chi connectivity index (χ1v) is 10.0. The summed E-state index contributed by atoms with van der Waals surface area (Å²) in [5, 5.41) is 10.7. The molecule has 1 fully saturated rings. The number of hydrogen-bond donors (Lipinski definition) is 2. The van der Waals surface area contributed by atoms with Crippen molar-refractivity contribution >= 4 is 22.6 Å². The SMILES string of the molecule is O=C(CCC1CCCC1)Nc1n[nH]c2cc(-c3cccc(OC(F)(F)F)c3)ccc12. The molecule has 158 valence electrons. The quantitative estimate of drug-likeness (QED) is 0.514. The fourth-order valence-electron chi connectivity index (χ4n) is 4.00. The van der Waals surface area contributed by atoms with E-state index in [2.05, 4.69) is 20.3 Å². The summed E-state index contributed by atoms with van der Waals surface area (Å²) in [6.07, 6.45) is 1.55. The fourth-order valence-corrected chi connectivity index (χ4v) is 4.00. The second-order valence-corrected chi connectivity index (χ2v) is 7.65. The third kappa shape index (κ3) is 4.93. The molecule has 0 aliphatic heterocycles. The van der Waals surface area contributed by atoms with Gasteiger partial charge in [0.15, 0.2) is 5.82 Å². The molecular formula is C22H22F3N3O2. The average molecular weight is 417 g/mol. The van der Waals surface area contributed by atoms with Gasteiger partial charge in [0.05, 0.1) is 5.52 Å². The standard InChI is InChI=1S/C22H22F3N3O2/c23-22(24,25)30-17-7-3-6-15(12-17)16-9-10-18-19(13-16)27-28-21(18)26-20(29)11-8-14-4-1-2-5-14/h3,6-7,9-10,12-14H,1-2,4-5,8,11H2,(H2,26,27,28,29). The minimum atomic E-state index is -4.74. The molecule has 1 aliphatic carbocycles. The van der Waals surface area contributed by atoms with Gasteiger partial charge in [-0.05, 0) is 47.7 Å². The molecule has 0 unspecified atom stereocenters. The number of ether oxygens (including phenoxy) is 1. The molecule has 5 nitrogen and oxygen atoms in total. The Kier molecular flexibility index (Phi) is 5.65. The smallest absolute Gasteiger partial charge is 0.406 e. The normalized spacial score (nSPS) is 14.9. The fraction of sp³-hybridized carbons (Fsp3) is 0.364. The number of H-pyrrole nitrogens is 1. The number of alkyl halides is 3. The van der Waals surface area contributed by atoms with E-state index in [0.29, 0.717) is 34.8 Å². The molecule has 1 aromatic heterocycles. The maximum atomic E-state index is 12.5. The molecule has 2 aromatic carbocycles. The van der Waals surface area contributed by atoms with Crippen LogP contribution in [0.2, 0.25) is 0 Å². The maximum absolute atomic E-state index is 12.5. The molecule has 1 heterocycles. The van der Waals surface area contributed by atoms with Crippen LogP contribution in [0, 0.1) is 5.92 Å². The monoisotopic (exact) mass is 417 g/mol. The second kappa shape index (κ2) is 8.38. The van der Waals surface area contributed by atoms with Crippen LogP contribution in [0.3, 0.4) is 0 Å². The van der Waals surface area contributed by atoms with Crippen molar-refractivity contribution in [2.24, 2.45) is 5.92 Å². The van der Waals surface area contributed by atoms with E-state index in [4.69, 9.17) is 0 Å². The van der Waals surface area contributed by atoms with Crippen LogP contribution < -0.4 is 10.1 Å². The topological polar surface area (TPSA) is 67.0 Å². The number of anilines is 1. The van der Waals surface area contributed by atoms with Crippen LogP contribution in [0.1, 0.15) is 38.5 Å². The lowest BCUT2D eigenvalue weighted by atomic mass is 10.0. The first-order chi connectivity index (χ1) is 14.4. The number of carbonyl (C=O) groups excluding carboxylic acids is 1. The summed E-state index contributed by atoms with van der Waals surface area (Å²) in [5.41, 5.74) is 1.97. The van der Waals surface area contributed by atoms with Crippen molar-refractivity contribution in [3.63, 3.8) is 0 Å². The molecule has 0 bridgehead atoms. The Morgan fingerprint density at radius 2 is 1.90 bits per heavy atom. The first-order valence-electron chi connectivity index (χ1n) is 10.0. The molecular weight excluding hydrogens is 395 g/mol. The van der Waals surface area contributed by atoms with Gasteiger partial charge in [-0.15, -0.1) is 13.2 Å². The van der Waals surface area contributed by atoms with E-state index < -0.39 is 6.36 Å². The Labute approximate surface area is 171 Å². The number of nitrogens with one attached hydrogen (secondary N) is 2. The van der Waals surface area contributed by atoms with Crippen molar-refractivity contribution in [3.8, 4) is 16.9 Å². The molecule has 30 heavy (non-hydrogen) atoms. The Morgan fingerprint density at radius 1 is 1.13 bits per heavy atom. The third-order valence-electron chi connectivity index (χ3n) is 5.48. The van der Waals surface area contributed by atoms with Crippen molar-refractivity contribution in [3.05, 3.63) is 42.5 Å². The summed E-state index contributed by atoms with van der Waals surface area (Å²) in [5.74, 6) is 0.768. The van der Waals surface area contributed by atoms with Gasteiger partial charge in [-0.2, -0.15) is 5.10 Å². The summed E-state index contributed by atoms with van der Waals surface area (Å²) in [7, 11) is 0. The Bertz CT molecular complexity index is 1040. The van der Waals surface area contributed by atoms with Crippen LogP contribution in [-0.2, 0) is 4.79 Å². The summed E-state index contributed by atoms with van der Waals surface area (Å²) < 4.78 is 41.4. The van der Waals surface area contributed by atoms with Crippen LogP contribution in [-0.4, -0.2) is 22.5 Å². The summed E-state index contributed by atoms with van der Waals surface area (Å²) >= 11 is 0. The van der Waals surface area contributed by atoms with Crippen molar-refractivity contribution in [2.45, 2.75) is 44.9 Å². The zero-order chi connectivity index (χ0) is 21.1. The molecule has 0 spiro atoms. The molecule has 3 aromatic rings. The zero-order valence-corrected chi connectivity index (χ0v) is 16.3. The van der Waals surface area contributed by atoms with Crippen LogP contribution in [0.4, 0.5) is 19.0 Å². The lowest BCUT2D eigenvalue weighted by Crippen LogP contribution is -2.17. The summed E-state index contributed by atoms with van der Waals surface area (Å²) in [6.45, 7) is 0. The van der Waals surface area contributed by atoms with Crippen molar-refractivity contribution in [1.82, 2.24) is 10.2 Å². The second-order valence-electron chi connectivity index (χ2n) is 7.65. The predicted molar refractivity (Wildman–Crippen MR) is 108 cm³/mol. The molecule has 2 N–H and O–H groups in total. The first kappa shape index (κ1) is 20.3. The number of fused-ring (bicyclic) bond motifs is 1. The molecule has 1 amide bonds. The minimum absolute atomic E-state index is 0.0589. The lowest BCUT2D eigenvalue weighted by molar-refractivity contribution is -0.274.